The molecule has 0 saturated carbocycles. The van der Waals surface area contributed by atoms with Crippen LogP contribution < -0.4 is 11.1 Å². The van der Waals surface area contributed by atoms with Crippen molar-refractivity contribution >= 4 is 11.9 Å². The number of likely N-dealkylation sites (tertiary alicyclic amines) is 1. The third-order valence-electron chi connectivity index (χ3n) is 2.74. The minimum atomic E-state index is 0.0669. The molecule has 1 aromatic rings. The zero-order valence-corrected chi connectivity index (χ0v) is 9.69. The Kier molecular flexibility index (Phi) is 3.92. The number of anilines is 1. The van der Waals surface area contributed by atoms with Crippen molar-refractivity contribution in [1.29, 1.82) is 0 Å². The summed E-state index contributed by atoms with van der Waals surface area (Å²) in [5.41, 5.74) is 5.34. The van der Waals surface area contributed by atoms with Crippen LogP contribution >= 0.6 is 0 Å². The average molecular weight is 239 g/mol. The van der Waals surface area contributed by atoms with E-state index < -0.39 is 0 Å². The van der Waals surface area contributed by atoms with Crippen LogP contribution in [0.15, 0.2) is 4.42 Å². The smallest absolute Gasteiger partial charge is 0.315 e. The number of aromatic nitrogens is 2. The van der Waals surface area contributed by atoms with E-state index in [0.717, 1.165) is 25.9 Å². The molecule has 0 spiro atoms. The molecule has 2 heterocycles. The molecule has 3 N–H and O–H groups in total. The van der Waals surface area contributed by atoms with E-state index in [1.54, 1.807) is 0 Å². The van der Waals surface area contributed by atoms with Gasteiger partial charge >= 0.3 is 6.01 Å². The van der Waals surface area contributed by atoms with Gasteiger partial charge in [0.2, 0.25) is 11.8 Å². The van der Waals surface area contributed by atoms with E-state index in [1.807, 2.05) is 4.90 Å². The van der Waals surface area contributed by atoms with Crippen molar-refractivity contribution in [2.24, 2.45) is 5.73 Å². The van der Waals surface area contributed by atoms with E-state index in [4.69, 9.17) is 10.2 Å². The number of nitrogens with one attached hydrogen (secondary N) is 1. The van der Waals surface area contributed by atoms with E-state index in [9.17, 15) is 4.79 Å². The van der Waals surface area contributed by atoms with Gasteiger partial charge in [-0.3, -0.25) is 4.79 Å². The first-order chi connectivity index (χ1) is 8.29. The van der Waals surface area contributed by atoms with Gasteiger partial charge in [-0.15, -0.1) is 5.10 Å². The van der Waals surface area contributed by atoms with Gasteiger partial charge in [-0.25, -0.2) is 0 Å². The molecule has 0 unspecified atom stereocenters. The number of carbonyl (C=O) groups is 1. The van der Waals surface area contributed by atoms with Crippen LogP contribution in [0.25, 0.3) is 0 Å². The monoisotopic (exact) mass is 239 g/mol. The largest absolute Gasteiger partial charge is 0.407 e. The van der Waals surface area contributed by atoms with Crippen molar-refractivity contribution in [3.63, 3.8) is 0 Å². The van der Waals surface area contributed by atoms with Crippen LogP contribution in [0.1, 0.15) is 25.2 Å². The van der Waals surface area contributed by atoms with Crippen molar-refractivity contribution in [3.05, 3.63) is 5.89 Å². The average Bonchev–Trinajstić information content (AvgIpc) is 2.85. The Balaban J connectivity index is 1.78. The lowest BCUT2D eigenvalue weighted by atomic mass is 10.1. The van der Waals surface area contributed by atoms with Crippen LogP contribution in [0.2, 0.25) is 0 Å². The van der Waals surface area contributed by atoms with Crippen LogP contribution in [-0.2, 0) is 11.3 Å². The van der Waals surface area contributed by atoms with Gasteiger partial charge in [0.25, 0.3) is 0 Å². The Hall–Kier alpha value is -1.63. The maximum absolute atomic E-state index is 11.8. The number of nitrogens with zero attached hydrogens (tertiary/aromatic N) is 3. The quantitative estimate of drug-likeness (QED) is 0.764. The lowest BCUT2D eigenvalue weighted by molar-refractivity contribution is -0.130. The molecular weight excluding hydrogens is 222 g/mol. The molecule has 1 fully saturated rings. The highest BCUT2D eigenvalue weighted by Crippen LogP contribution is 2.09. The first kappa shape index (κ1) is 11.8. The Bertz CT molecular complexity index is 373. The second kappa shape index (κ2) is 5.62. The Morgan fingerprint density at radius 3 is 2.76 bits per heavy atom. The van der Waals surface area contributed by atoms with Gasteiger partial charge in [0.1, 0.15) is 0 Å². The highest BCUT2D eigenvalue weighted by Gasteiger charge is 2.16. The summed E-state index contributed by atoms with van der Waals surface area (Å²) >= 11 is 0. The molecule has 0 aromatic carbocycles. The highest BCUT2D eigenvalue weighted by molar-refractivity contribution is 5.80. The summed E-state index contributed by atoms with van der Waals surface area (Å²) < 4.78 is 5.14. The van der Waals surface area contributed by atoms with Crippen molar-refractivity contribution in [2.75, 3.05) is 25.0 Å². The van der Waals surface area contributed by atoms with Crippen LogP contribution in [0.5, 0.6) is 0 Å². The predicted molar refractivity (Wildman–Crippen MR) is 61.1 cm³/mol. The number of amides is 1. The second-order valence-corrected chi connectivity index (χ2v) is 4.00. The van der Waals surface area contributed by atoms with Crippen LogP contribution in [-0.4, -0.2) is 40.6 Å². The molecule has 0 atom stereocenters. The molecule has 1 saturated heterocycles. The number of nitrogens with two attached hydrogens (primary N) is 1. The molecule has 94 valence electrons. The molecule has 7 nitrogen and oxygen atoms in total. The van der Waals surface area contributed by atoms with Crippen LogP contribution in [0.4, 0.5) is 6.01 Å². The van der Waals surface area contributed by atoms with Gasteiger partial charge in [0.15, 0.2) is 0 Å². The summed E-state index contributed by atoms with van der Waals surface area (Å²) in [7, 11) is 0. The fourth-order valence-electron chi connectivity index (χ4n) is 1.81. The molecule has 0 bridgehead atoms. The summed E-state index contributed by atoms with van der Waals surface area (Å²) in [6.45, 7) is 2.08. The predicted octanol–water partition coefficient (Wildman–Crippen LogP) is -0.0473. The summed E-state index contributed by atoms with van der Waals surface area (Å²) in [5.74, 6) is 0.426. The molecule has 1 aliphatic rings. The third kappa shape index (κ3) is 3.16. The standard InChI is InChI=1S/C10H17N5O2/c11-6-8-13-14-10(17-8)12-7-9(16)15-4-2-1-3-5-15/h1-7,11H2,(H,12,14). The number of piperidine rings is 1. The first-order valence-corrected chi connectivity index (χ1v) is 5.83. The van der Waals surface area contributed by atoms with Crippen molar-refractivity contribution in [3.8, 4) is 0 Å². The lowest BCUT2D eigenvalue weighted by Crippen LogP contribution is -2.39. The molecular formula is C10H17N5O2. The molecule has 1 aliphatic heterocycles. The number of carbonyl (C=O) groups excluding carboxylic acids is 1. The summed E-state index contributed by atoms with van der Waals surface area (Å²) in [5, 5.41) is 10.2. The maximum atomic E-state index is 11.8. The minimum Gasteiger partial charge on any atom is -0.407 e. The summed E-state index contributed by atoms with van der Waals surface area (Å²) in [6.07, 6.45) is 3.38. The van der Waals surface area contributed by atoms with Crippen molar-refractivity contribution in [1.82, 2.24) is 15.1 Å². The van der Waals surface area contributed by atoms with E-state index in [0.29, 0.717) is 5.89 Å². The van der Waals surface area contributed by atoms with Gasteiger partial charge < -0.3 is 20.4 Å². The molecule has 0 aliphatic carbocycles. The number of hydrogen-bond donors (Lipinski definition) is 2. The first-order valence-electron chi connectivity index (χ1n) is 5.83. The van der Waals surface area contributed by atoms with E-state index in [-0.39, 0.29) is 25.0 Å². The van der Waals surface area contributed by atoms with Crippen LogP contribution in [0.3, 0.4) is 0 Å². The fourth-order valence-corrected chi connectivity index (χ4v) is 1.81. The summed E-state index contributed by atoms with van der Waals surface area (Å²) in [6, 6.07) is 0.246. The minimum absolute atomic E-state index is 0.0669. The second-order valence-electron chi connectivity index (χ2n) is 4.00. The molecule has 7 heteroatoms. The van der Waals surface area contributed by atoms with Crippen molar-refractivity contribution < 1.29 is 9.21 Å². The number of hydrogen-bond acceptors (Lipinski definition) is 6. The van der Waals surface area contributed by atoms with E-state index in [1.165, 1.54) is 6.42 Å². The normalized spacial score (nSPS) is 15.9. The molecule has 1 aromatic heterocycles. The number of rotatable bonds is 4. The van der Waals surface area contributed by atoms with Crippen molar-refractivity contribution in [2.45, 2.75) is 25.8 Å². The molecule has 1 amide bonds. The summed E-state index contributed by atoms with van der Waals surface area (Å²) in [4.78, 5) is 13.7. The molecule has 0 radical (unpaired) electrons. The molecule has 17 heavy (non-hydrogen) atoms. The highest BCUT2D eigenvalue weighted by atomic mass is 16.4. The zero-order valence-electron chi connectivity index (χ0n) is 9.69. The Morgan fingerprint density at radius 2 is 2.12 bits per heavy atom. The maximum Gasteiger partial charge on any atom is 0.315 e. The van der Waals surface area contributed by atoms with Gasteiger partial charge in [0, 0.05) is 13.1 Å². The SMILES string of the molecule is NCc1nnc(NCC(=O)N2CCCCC2)o1. The van der Waals surface area contributed by atoms with Gasteiger partial charge in [-0.1, -0.05) is 5.10 Å². The molecule has 2 rings (SSSR count). The topological polar surface area (TPSA) is 97.3 Å². The van der Waals surface area contributed by atoms with E-state index >= 15 is 0 Å². The van der Waals surface area contributed by atoms with E-state index in [2.05, 4.69) is 15.5 Å². The third-order valence-corrected chi connectivity index (χ3v) is 2.74. The van der Waals surface area contributed by atoms with Crippen LogP contribution in [0, 0.1) is 0 Å². The van der Waals surface area contributed by atoms with Gasteiger partial charge in [-0.2, -0.15) is 0 Å². The lowest BCUT2D eigenvalue weighted by Gasteiger charge is -2.26. The Morgan fingerprint density at radius 1 is 1.35 bits per heavy atom. The van der Waals surface area contributed by atoms with Gasteiger partial charge in [-0.05, 0) is 19.3 Å². The Labute approximate surface area is 99.4 Å². The zero-order chi connectivity index (χ0) is 12.1. The van der Waals surface area contributed by atoms with Gasteiger partial charge in [0.05, 0.1) is 13.1 Å². The fraction of sp³-hybridized carbons (Fsp3) is 0.700.